The summed E-state index contributed by atoms with van der Waals surface area (Å²) in [5.41, 5.74) is 2.27. The Morgan fingerprint density at radius 3 is 2.79 bits per heavy atom. The number of halogens is 1. The molecule has 0 saturated carbocycles. The molecule has 2 N–H and O–H groups in total. The fraction of sp³-hybridized carbons (Fsp3) is 0.211. The molecule has 0 radical (unpaired) electrons. The van der Waals surface area contributed by atoms with E-state index in [1.807, 2.05) is 6.20 Å². The van der Waals surface area contributed by atoms with Crippen LogP contribution in [0.4, 0.5) is 0 Å². The minimum atomic E-state index is 0.376. The van der Waals surface area contributed by atoms with Gasteiger partial charge in [-0.1, -0.05) is 36.0 Å². The molecule has 4 rings (SSSR count). The minimum Gasteiger partial charge on any atom is -0.341 e. The Labute approximate surface area is 159 Å². The average Bonchev–Trinajstić information content (AvgIpc) is 3.29. The van der Waals surface area contributed by atoms with E-state index in [4.69, 9.17) is 0 Å². The molecule has 24 heavy (non-hydrogen) atoms. The van der Waals surface area contributed by atoms with Crippen molar-refractivity contribution in [3.05, 3.63) is 64.1 Å². The number of aromatic amines is 1. The van der Waals surface area contributed by atoms with Crippen LogP contribution < -0.4 is 5.32 Å². The highest BCUT2D eigenvalue weighted by Crippen LogP contribution is 2.34. The number of H-pyrrole nitrogens is 1. The number of hydrogen-bond donors (Lipinski definition) is 2. The van der Waals surface area contributed by atoms with Gasteiger partial charge in [-0.05, 0) is 66.2 Å². The fourth-order valence-corrected chi connectivity index (χ4v) is 4.51. The lowest BCUT2D eigenvalue weighted by Gasteiger charge is -2.08. The summed E-state index contributed by atoms with van der Waals surface area (Å²) in [7, 11) is 0. The van der Waals surface area contributed by atoms with Crippen molar-refractivity contribution in [2.24, 2.45) is 0 Å². The van der Waals surface area contributed by atoms with Crippen molar-refractivity contribution < 1.29 is 0 Å². The molecule has 5 heteroatoms. The highest BCUT2D eigenvalue weighted by molar-refractivity contribution is 14.1. The van der Waals surface area contributed by atoms with Gasteiger partial charge in [-0.15, -0.1) is 0 Å². The number of nitrogens with zero attached hydrogens (tertiary/aromatic N) is 1. The normalized spacial score (nSPS) is 17.3. The predicted octanol–water partition coefficient (Wildman–Crippen LogP) is 5.26. The lowest BCUT2D eigenvalue weighted by molar-refractivity contribution is 0.613. The van der Waals surface area contributed by atoms with Crippen LogP contribution in [0.1, 0.15) is 24.7 Å². The van der Waals surface area contributed by atoms with E-state index in [1.165, 1.54) is 25.3 Å². The quantitative estimate of drug-likeness (QED) is 0.537. The summed E-state index contributed by atoms with van der Waals surface area (Å²) >= 11 is 4.20. The lowest BCUT2D eigenvalue weighted by Crippen LogP contribution is -2.14. The van der Waals surface area contributed by atoms with Gasteiger partial charge in [0.05, 0.1) is 17.9 Å². The van der Waals surface area contributed by atoms with Crippen LogP contribution in [0.25, 0.3) is 11.3 Å². The van der Waals surface area contributed by atoms with Gasteiger partial charge in [0.1, 0.15) is 5.82 Å². The number of aromatic nitrogens is 2. The van der Waals surface area contributed by atoms with Gasteiger partial charge in [-0.3, -0.25) is 0 Å². The zero-order valence-corrected chi connectivity index (χ0v) is 16.1. The number of nitrogens with one attached hydrogen (secondary N) is 2. The highest BCUT2D eigenvalue weighted by Gasteiger charge is 2.19. The zero-order chi connectivity index (χ0) is 16.4. The van der Waals surface area contributed by atoms with Crippen LogP contribution in [0.15, 0.2) is 64.5 Å². The summed E-state index contributed by atoms with van der Waals surface area (Å²) in [5.74, 6) is 1.05. The van der Waals surface area contributed by atoms with Crippen LogP contribution >= 0.6 is 34.4 Å². The first kappa shape index (κ1) is 16.2. The van der Waals surface area contributed by atoms with Crippen LogP contribution in [0.5, 0.6) is 0 Å². The largest absolute Gasteiger partial charge is 0.341 e. The second-order valence-electron chi connectivity index (χ2n) is 5.89. The van der Waals surface area contributed by atoms with Gasteiger partial charge in [0.2, 0.25) is 0 Å². The Hall–Kier alpha value is -1.31. The molecule has 3 nitrogen and oxygen atoms in total. The first-order valence-electron chi connectivity index (χ1n) is 8.11. The van der Waals surface area contributed by atoms with E-state index in [2.05, 4.69) is 86.4 Å². The molecule has 0 spiro atoms. The second-order valence-corrected chi connectivity index (χ2v) is 8.17. The van der Waals surface area contributed by atoms with E-state index in [0.717, 1.165) is 24.5 Å². The van der Waals surface area contributed by atoms with E-state index in [9.17, 15) is 0 Å². The van der Waals surface area contributed by atoms with E-state index in [0.29, 0.717) is 6.04 Å². The second kappa shape index (κ2) is 7.29. The number of imidazole rings is 1. The van der Waals surface area contributed by atoms with Gasteiger partial charge >= 0.3 is 0 Å². The smallest absolute Gasteiger partial charge is 0.123 e. The van der Waals surface area contributed by atoms with Gasteiger partial charge in [-0.25, -0.2) is 4.98 Å². The molecule has 0 aliphatic carbocycles. The van der Waals surface area contributed by atoms with Crippen molar-refractivity contribution in [1.29, 1.82) is 0 Å². The third kappa shape index (κ3) is 3.53. The van der Waals surface area contributed by atoms with Crippen molar-refractivity contribution >= 4 is 34.4 Å². The Morgan fingerprint density at radius 1 is 1.12 bits per heavy atom. The van der Waals surface area contributed by atoms with Crippen LogP contribution in [0.2, 0.25) is 0 Å². The molecule has 3 aromatic rings. The van der Waals surface area contributed by atoms with Gasteiger partial charge in [0.25, 0.3) is 0 Å². The summed E-state index contributed by atoms with van der Waals surface area (Å²) < 4.78 is 1.27. The maximum atomic E-state index is 4.58. The van der Waals surface area contributed by atoms with Gasteiger partial charge in [-0.2, -0.15) is 0 Å². The third-order valence-electron chi connectivity index (χ3n) is 4.20. The first-order valence-corrected chi connectivity index (χ1v) is 10.0. The van der Waals surface area contributed by atoms with Crippen molar-refractivity contribution in [2.75, 3.05) is 6.54 Å². The van der Waals surface area contributed by atoms with Crippen LogP contribution in [-0.2, 0) is 0 Å². The molecule has 122 valence electrons. The zero-order valence-electron chi connectivity index (χ0n) is 13.1. The molecular formula is C19H18IN3S. The van der Waals surface area contributed by atoms with Crippen LogP contribution in [0.3, 0.4) is 0 Å². The van der Waals surface area contributed by atoms with Crippen molar-refractivity contribution in [1.82, 2.24) is 15.3 Å². The molecular weight excluding hydrogens is 429 g/mol. The molecule has 0 bridgehead atoms. The molecule has 0 amide bonds. The summed E-state index contributed by atoms with van der Waals surface area (Å²) in [6.45, 7) is 1.09. The van der Waals surface area contributed by atoms with E-state index < -0.39 is 0 Å². The van der Waals surface area contributed by atoms with E-state index in [1.54, 1.807) is 11.8 Å². The number of rotatable bonds is 4. The van der Waals surface area contributed by atoms with Crippen LogP contribution in [-0.4, -0.2) is 16.5 Å². The fourth-order valence-electron chi connectivity index (χ4n) is 2.94. The first-order chi connectivity index (χ1) is 11.8. The Kier molecular flexibility index (Phi) is 4.91. The standard InChI is InChI=1S/C19H18IN3S/c20-15-9-8-13(11-18(15)24-14-5-2-1-3-6-14)17-12-22-19(23-17)16-7-4-10-21-16/h1-3,5-6,8-9,11-12,16,21H,4,7,10H2,(H,22,23)/t16-/m0/s1. The predicted molar refractivity (Wildman–Crippen MR) is 107 cm³/mol. The molecule has 1 saturated heterocycles. The number of hydrogen-bond acceptors (Lipinski definition) is 3. The minimum absolute atomic E-state index is 0.376. The maximum Gasteiger partial charge on any atom is 0.123 e. The third-order valence-corrected chi connectivity index (χ3v) is 6.57. The molecule has 0 unspecified atom stereocenters. The molecule has 1 fully saturated rings. The van der Waals surface area contributed by atoms with Gasteiger partial charge in [0, 0.05) is 18.9 Å². The SMILES string of the molecule is Ic1ccc(-c2cnc([C@@H]3CCCN3)[nH]2)cc1Sc1ccccc1. The van der Waals surface area contributed by atoms with Crippen LogP contribution in [0, 0.1) is 3.57 Å². The summed E-state index contributed by atoms with van der Waals surface area (Å²) in [6.07, 6.45) is 4.34. The van der Waals surface area contributed by atoms with Crippen molar-refractivity contribution in [2.45, 2.75) is 28.7 Å². The lowest BCUT2D eigenvalue weighted by atomic mass is 10.2. The Bertz CT molecular complexity index is 826. The van der Waals surface area contributed by atoms with E-state index >= 15 is 0 Å². The summed E-state index contributed by atoms with van der Waals surface area (Å²) in [4.78, 5) is 10.6. The van der Waals surface area contributed by atoms with Crippen molar-refractivity contribution in [3.63, 3.8) is 0 Å². The van der Waals surface area contributed by atoms with Gasteiger partial charge < -0.3 is 10.3 Å². The average molecular weight is 447 g/mol. The summed E-state index contributed by atoms with van der Waals surface area (Å²) in [6, 6.07) is 17.5. The molecule has 1 aliphatic rings. The molecule has 2 heterocycles. The monoisotopic (exact) mass is 447 g/mol. The Balaban J connectivity index is 1.61. The molecule has 2 aromatic carbocycles. The molecule has 1 atom stereocenters. The number of benzene rings is 2. The summed E-state index contributed by atoms with van der Waals surface area (Å²) in [5, 5.41) is 3.49. The maximum absolute atomic E-state index is 4.58. The Morgan fingerprint density at radius 2 is 2.00 bits per heavy atom. The molecule has 1 aliphatic heterocycles. The molecule has 1 aromatic heterocycles. The topological polar surface area (TPSA) is 40.7 Å². The van der Waals surface area contributed by atoms with E-state index in [-0.39, 0.29) is 0 Å². The van der Waals surface area contributed by atoms with Gasteiger partial charge in [0.15, 0.2) is 0 Å². The highest BCUT2D eigenvalue weighted by atomic mass is 127. The van der Waals surface area contributed by atoms with Crippen molar-refractivity contribution in [3.8, 4) is 11.3 Å².